The first kappa shape index (κ1) is 23.7. The molecule has 32 heavy (non-hydrogen) atoms. The van der Waals surface area contributed by atoms with Crippen molar-refractivity contribution >= 4 is 41.5 Å². The molecule has 0 radical (unpaired) electrons. The number of hydrogen-bond acceptors (Lipinski definition) is 6. The number of guanidine groups is 1. The summed E-state index contributed by atoms with van der Waals surface area (Å²) in [4.78, 5) is 13.1. The van der Waals surface area contributed by atoms with Crippen molar-refractivity contribution in [3.8, 4) is 22.8 Å². The molecule has 2 N–H and O–H groups in total. The van der Waals surface area contributed by atoms with E-state index in [0.717, 1.165) is 16.8 Å². The van der Waals surface area contributed by atoms with Crippen LogP contribution in [0.4, 0.5) is 0 Å². The van der Waals surface area contributed by atoms with Gasteiger partial charge in [-0.1, -0.05) is 46.6 Å². The Kier molecular flexibility index (Phi) is 8.23. The molecule has 0 spiro atoms. The van der Waals surface area contributed by atoms with Gasteiger partial charge < -0.3 is 19.6 Å². The van der Waals surface area contributed by atoms with E-state index in [0.29, 0.717) is 41.7 Å². The van der Waals surface area contributed by atoms with Crippen molar-refractivity contribution in [2.24, 2.45) is 4.99 Å². The highest BCUT2D eigenvalue weighted by Gasteiger charge is 2.11. The predicted molar refractivity (Wildman–Crippen MR) is 134 cm³/mol. The maximum absolute atomic E-state index is 6.02. The first-order valence-corrected chi connectivity index (χ1v) is 10.0. The van der Waals surface area contributed by atoms with Gasteiger partial charge in [0.2, 0.25) is 17.6 Å². The van der Waals surface area contributed by atoms with Gasteiger partial charge in [0.1, 0.15) is 6.26 Å². The monoisotopic (exact) mass is 564 g/mol. The molecule has 0 saturated heterocycles. The standard InChI is InChI=1S/C22H21ClN6O2.HI/c1-14-6-8-15(9-7-14)21-27-18(13-30-21)11-25-22(24-2)26-12-19-28-20(29-31-19)16-4-3-5-17(23)10-16;/h3-10,13H,11-12H2,1-2H3,(H2,24,25,26);1H. The Morgan fingerprint density at radius 1 is 1.03 bits per heavy atom. The molecule has 2 heterocycles. The van der Waals surface area contributed by atoms with Gasteiger partial charge >= 0.3 is 0 Å². The van der Waals surface area contributed by atoms with Gasteiger partial charge in [0.25, 0.3) is 0 Å². The van der Waals surface area contributed by atoms with Gasteiger partial charge in [-0.25, -0.2) is 4.98 Å². The third-order valence-corrected chi connectivity index (χ3v) is 4.70. The van der Waals surface area contributed by atoms with E-state index in [1.165, 1.54) is 5.56 Å². The number of aromatic nitrogens is 3. The van der Waals surface area contributed by atoms with Crippen LogP contribution in [0, 0.1) is 6.92 Å². The Labute approximate surface area is 207 Å². The zero-order chi connectivity index (χ0) is 21.6. The van der Waals surface area contributed by atoms with E-state index in [1.54, 1.807) is 25.4 Å². The number of aliphatic imine (C=N–C) groups is 1. The summed E-state index contributed by atoms with van der Waals surface area (Å²) in [5, 5.41) is 10.9. The predicted octanol–water partition coefficient (Wildman–Crippen LogP) is 4.84. The first-order chi connectivity index (χ1) is 15.1. The molecule has 0 atom stereocenters. The molecule has 10 heteroatoms. The van der Waals surface area contributed by atoms with Crippen LogP contribution in [0.3, 0.4) is 0 Å². The fourth-order valence-electron chi connectivity index (χ4n) is 2.84. The van der Waals surface area contributed by atoms with E-state index >= 15 is 0 Å². The topological polar surface area (TPSA) is 101 Å². The van der Waals surface area contributed by atoms with Gasteiger partial charge in [-0.3, -0.25) is 4.99 Å². The second-order valence-electron chi connectivity index (χ2n) is 6.81. The minimum absolute atomic E-state index is 0. The third-order valence-electron chi connectivity index (χ3n) is 4.47. The van der Waals surface area contributed by atoms with Crippen LogP contribution in [0.2, 0.25) is 5.02 Å². The van der Waals surface area contributed by atoms with Crippen LogP contribution in [0.25, 0.3) is 22.8 Å². The van der Waals surface area contributed by atoms with Crippen molar-refractivity contribution < 1.29 is 8.94 Å². The van der Waals surface area contributed by atoms with E-state index in [9.17, 15) is 0 Å². The zero-order valence-electron chi connectivity index (χ0n) is 17.5. The molecule has 0 unspecified atom stereocenters. The maximum Gasteiger partial charge on any atom is 0.246 e. The summed E-state index contributed by atoms with van der Waals surface area (Å²) in [5.74, 6) is 2.07. The van der Waals surface area contributed by atoms with E-state index in [2.05, 4.69) is 30.8 Å². The summed E-state index contributed by atoms with van der Waals surface area (Å²) in [7, 11) is 1.68. The Hall–Kier alpha value is -2.92. The van der Waals surface area contributed by atoms with Crippen LogP contribution < -0.4 is 10.6 Å². The van der Waals surface area contributed by atoms with Gasteiger partial charge in [-0.2, -0.15) is 4.98 Å². The molecule has 4 aromatic rings. The largest absolute Gasteiger partial charge is 0.444 e. The number of halogens is 2. The highest BCUT2D eigenvalue weighted by atomic mass is 127. The SMILES string of the molecule is CN=C(NCc1coc(-c2ccc(C)cc2)n1)NCc1nc(-c2cccc(Cl)c2)no1.I. The van der Waals surface area contributed by atoms with Gasteiger partial charge in [-0.15, -0.1) is 24.0 Å². The summed E-state index contributed by atoms with van der Waals surface area (Å²) in [6.07, 6.45) is 1.63. The molecule has 2 aromatic heterocycles. The molecule has 0 aliphatic carbocycles. The van der Waals surface area contributed by atoms with Gasteiger partial charge in [0.05, 0.1) is 18.8 Å². The smallest absolute Gasteiger partial charge is 0.246 e. The number of rotatable bonds is 6. The highest BCUT2D eigenvalue weighted by Crippen LogP contribution is 2.20. The minimum atomic E-state index is 0. The molecule has 4 rings (SSSR count). The fourth-order valence-corrected chi connectivity index (χ4v) is 3.03. The van der Waals surface area contributed by atoms with Crippen LogP contribution >= 0.6 is 35.6 Å². The van der Waals surface area contributed by atoms with Crippen LogP contribution in [-0.2, 0) is 13.1 Å². The van der Waals surface area contributed by atoms with Crippen molar-refractivity contribution in [2.45, 2.75) is 20.0 Å². The molecule has 0 aliphatic heterocycles. The zero-order valence-corrected chi connectivity index (χ0v) is 20.6. The molecule has 8 nitrogen and oxygen atoms in total. The van der Waals surface area contributed by atoms with Crippen molar-refractivity contribution in [3.05, 3.63) is 77.0 Å². The Morgan fingerprint density at radius 3 is 2.56 bits per heavy atom. The normalized spacial score (nSPS) is 11.2. The van der Waals surface area contributed by atoms with Gasteiger partial charge in [-0.05, 0) is 31.2 Å². The number of aryl methyl sites for hydroxylation is 1. The second kappa shape index (κ2) is 11.1. The average Bonchev–Trinajstić information content (AvgIpc) is 3.44. The highest BCUT2D eigenvalue weighted by molar-refractivity contribution is 14.0. The quantitative estimate of drug-likeness (QED) is 0.196. The van der Waals surface area contributed by atoms with Gasteiger partial charge in [0.15, 0.2) is 5.96 Å². The van der Waals surface area contributed by atoms with Crippen LogP contribution in [0.15, 0.2) is 68.7 Å². The molecular weight excluding hydrogens is 543 g/mol. The van der Waals surface area contributed by atoms with E-state index in [-0.39, 0.29) is 24.0 Å². The minimum Gasteiger partial charge on any atom is -0.444 e. The summed E-state index contributed by atoms with van der Waals surface area (Å²) in [6, 6.07) is 15.3. The number of nitrogens with one attached hydrogen (secondary N) is 2. The molecule has 0 bridgehead atoms. The number of nitrogens with zero attached hydrogens (tertiary/aromatic N) is 4. The molecule has 0 aliphatic rings. The van der Waals surface area contributed by atoms with E-state index in [1.807, 2.05) is 43.3 Å². The summed E-state index contributed by atoms with van der Waals surface area (Å²) < 4.78 is 10.9. The maximum atomic E-state index is 6.02. The lowest BCUT2D eigenvalue weighted by molar-refractivity contribution is 0.375. The second-order valence-corrected chi connectivity index (χ2v) is 7.25. The lowest BCUT2D eigenvalue weighted by Gasteiger charge is -2.08. The molecule has 0 saturated carbocycles. The molecule has 0 fully saturated rings. The number of hydrogen-bond donors (Lipinski definition) is 2. The van der Waals surface area contributed by atoms with E-state index in [4.69, 9.17) is 20.5 Å². The lowest BCUT2D eigenvalue weighted by atomic mass is 10.1. The lowest BCUT2D eigenvalue weighted by Crippen LogP contribution is -2.36. The van der Waals surface area contributed by atoms with Gasteiger partial charge in [0, 0.05) is 23.2 Å². The van der Waals surface area contributed by atoms with Crippen molar-refractivity contribution in [3.63, 3.8) is 0 Å². The third kappa shape index (κ3) is 6.07. The summed E-state index contributed by atoms with van der Waals surface area (Å²) in [5.41, 5.74) is 3.68. The number of benzene rings is 2. The van der Waals surface area contributed by atoms with E-state index < -0.39 is 0 Å². The van der Waals surface area contributed by atoms with Crippen molar-refractivity contribution in [1.29, 1.82) is 0 Å². The fraction of sp³-hybridized carbons (Fsp3) is 0.182. The van der Waals surface area contributed by atoms with Crippen LogP contribution in [0.5, 0.6) is 0 Å². The van der Waals surface area contributed by atoms with Crippen LogP contribution in [0.1, 0.15) is 17.1 Å². The number of oxazole rings is 1. The molecular formula is C22H22ClIN6O2. The summed E-state index contributed by atoms with van der Waals surface area (Å²) in [6.45, 7) is 2.81. The molecule has 166 valence electrons. The van der Waals surface area contributed by atoms with Crippen molar-refractivity contribution in [2.75, 3.05) is 7.05 Å². The molecule has 0 amide bonds. The summed E-state index contributed by atoms with van der Waals surface area (Å²) >= 11 is 6.02. The average molecular weight is 565 g/mol. The Balaban J connectivity index is 0.00000289. The molecule has 2 aromatic carbocycles. The first-order valence-electron chi connectivity index (χ1n) is 9.65. The Bertz CT molecular complexity index is 1190. The van der Waals surface area contributed by atoms with Crippen LogP contribution in [-0.4, -0.2) is 28.1 Å². The Morgan fingerprint density at radius 2 is 1.81 bits per heavy atom. The van der Waals surface area contributed by atoms with Crippen molar-refractivity contribution in [1.82, 2.24) is 25.8 Å².